The molecule has 0 aromatic heterocycles. The summed E-state index contributed by atoms with van der Waals surface area (Å²) in [5, 5.41) is 8.24. The molecule has 0 spiro atoms. The smallest absolute Gasteiger partial charge is 0.378 e. The van der Waals surface area contributed by atoms with E-state index in [1.165, 1.54) is 0 Å². The molecule has 1 unspecified atom stereocenters. The first kappa shape index (κ1) is 12.5. The summed E-state index contributed by atoms with van der Waals surface area (Å²) in [6.07, 6.45) is -10.4. The summed E-state index contributed by atoms with van der Waals surface area (Å²) in [6, 6.07) is 0. The van der Waals surface area contributed by atoms with Gasteiger partial charge in [-0.3, -0.25) is 0 Å². The van der Waals surface area contributed by atoms with E-state index in [4.69, 9.17) is 5.11 Å². The maximum atomic E-state index is 12.1. The summed E-state index contributed by atoms with van der Waals surface area (Å²) in [6.45, 7) is -0.273. The summed E-state index contributed by atoms with van der Waals surface area (Å²) in [4.78, 5) is 0. The minimum Gasteiger partial charge on any atom is -0.378 e. The van der Waals surface area contributed by atoms with Crippen LogP contribution in [0.15, 0.2) is 0 Å². The molecule has 0 aliphatic heterocycles. The molecule has 1 nitrogen and oxygen atoms in total. The number of halogens is 7. The third-order valence-electron chi connectivity index (χ3n) is 1.42. The van der Waals surface area contributed by atoms with Gasteiger partial charge in [-0.1, -0.05) is 0 Å². The van der Waals surface area contributed by atoms with Crippen molar-refractivity contribution in [1.82, 2.24) is 0 Å². The topological polar surface area (TPSA) is 20.2 Å². The predicted octanol–water partition coefficient (Wildman–Crippen LogP) is 2.20. The highest BCUT2D eigenvalue weighted by Crippen LogP contribution is 2.45. The lowest BCUT2D eigenvalue weighted by Gasteiger charge is -2.32. The van der Waals surface area contributed by atoms with Gasteiger partial charge in [-0.05, 0) is 6.92 Å². The molecule has 0 rings (SSSR count). The number of aliphatic hydroxyl groups is 1. The molecule has 0 aromatic rings. The third-order valence-corrected chi connectivity index (χ3v) is 1.42. The van der Waals surface area contributed by atoms with Gasteiger partial charge < -0.3 is 5.11 Å². The van der Waals surface area contributed by atoms with Crippen molar-refractivity contribution in [2.24, 2.45) is 0 Å². The zero-order valence-corrected chi connectivity index (χ0v) is 6.17. The summed E-state index contributed by atoms with van der Waals surface area (Å²) < 4.78 is 81.8. The fourth-order valence-corrected chi connectivity index (χ4v) is 0.424. The summed E-state index contributed by atoms with van der Waals surface area (Å²) in [5.41, 5.74) is -4.41. The van der Waals surface area contributed by atoms with Crippen LogP contribution in [0.25, 0.3) is 0 Å². The maximum Gasteiger partial charge on any atom is 0.456 e. The van der Waals surface area contributed by atoms with Crippen LogP contribution in [0.1, 0.15) is 6.92 Å². The van der Waals surface area contributed by atoms with Crippen LogP contribution in [0.5, 0.6) is 0 Å². The van der Waals surface area contributed by atoms with Crippen molar-refractivity contribution in [3.63, 3.8) is 0 Å². The first-order valence-electron chi connectivity index (χ1n) is 2.89. The van der Waals surface area contributed by atoms with E-state index in [2.05, 4.69) is 0 Å². The maximum absolute atomic E-state index is 12.1. The molecule has 0 bridgehead atoms. The Morgan fingerprint density at radius 3 is 1.38 bits per heavy atom. The molecule has 1 atom stereocenters. The SMILES string of the molecule is CC(O)(C(F)F)C(F)(F)C(F)(F)F. The van der Waals surface area contributed by atoms with Crippen molar-refractivity contribution in [3.05, 3.63) is 0 Å². The van der Waals surface area contributed by atoms with E-state index in [0.29, 0.717) is 0 Å². The van der Waals surface area contributed by atoms with E-state index in [-0.39, 0.29) is 6.92 Å². The van der Waals surface area contributed by atoms with Crippen LogP contribution in [0.3, 0.4) is 0 Å². The van der Waals surface area contributed by atoms with Crippen LogP contribution in [0, 0.1) is 0 Å². The minimum absolute atomic E-state index is 0.273. The van der Waals surface area contributed by atoms with Crippen LogP contribution in [0.2, 0.25) is 0 Å². The Kier molecular flexibility index (Phi) is 2.88. The van der Waals surface area contributed by atoms with Crippen LogP contribution in [-0.4, -0.2) is 29.2 Å². The van der Waals surface area contributed by atoms with E-state index in [1.807, 2.05) is 0 Å². The molecule has 0 fully saturated rings. The standard InChI is InChI=1S/C5H5F7O/c1-3(13,2(6)7)4(8,9)5(10,11)12/h2,13H,1H3. The number of alkyl halides is 7. The molecule has 0 heterocycles. The molecule has 8 heteroatoms. The fourth-order valence-electron chi connectivity index (χ4n) is 0.424. The second kappa shape index (κ2) is 3.00. The van der Waals surface area contributed by atoms with Gasteiger partial charge in [-0.25, -0.2) is 8.78 Å². The quantitative estimate of drug-likeness (QED) is 0.698. The van der Waals surface area contributed by atoms with Gasteiger partial charge in [0.05, 0.1) is 0 Å². The van der Waals surface area contributed by atoms with Crippen molar-refractivity contribution in [1.29, 1.82) is 0 Å². The third kappa shape index (κ3) is 1.87. The molecule has 0 aromatic carbocycles. The second-order valence-corrected chi connectivity index (χ2v) is 2.52. The monoisotopic (exact) mass is 214 g/mol. The first-order valence-corrected chi connectivity index (χ1v) is 2.89. The lowest BCUT2D eigenvalue weighted by molar-refractivity contribution is -0.356. The Morgan fingerprint density at radius 2 is 1.31 bits per heavy atom. The lowest BCUT2D eigenvalue weighted by atomic mass is 9.98. The van der Waals surface area contributed by atoms with Crippen molar-refractivity contribution in [3.8, 4) is 0 Å². The number of hydrogen-bond donors (Lipinski definition) is 1. The largest absolute Gasteiger partial charge is 0.456 e. The first-order chi connectivity index (χ1) is 5.44. The van der Waals surface area contributed by atoms with Gasteiger partial charge >= 0.3 is 12.1 Å². The molecular formula is C5H5F7O. The molecular weight excluding hydrogens is 209 g/mol. The summed E-state index contributed by atoms with van der Waals surface area (Å²) >= 11 is 0. The average molecular weight is 214 g/mol. The van der Waals surface area contributed by atoms with Crippen molar-refractivity contribution in [2.45, 2.75) is 31.0 Å². The molecule has 0 saturated heterocycles. The highest BCUT2D eigenvalue weighted by molar-refractivity contribution is 4.96. The Hall–Kier alpha value is -0.530. The lowest BCUT2D eigenvalue weighted by Crippen LogP contribution is -2.59. The Morgan fingerprint density at radius 1 is 1.00 bits per heavy atom. The summed E-state index contributed by atoms with van der Waals surface area (Å²) in [5.74, 6) is -5.84. The van der Waals surface area contributed by atoms with Gasteiger partial charge in [0.25, 0.3) is 6.43 Å². The number of rotatable bonds is 2. The van der Waals surface area contributed by atoms with Gasteiger partial charge in [-0.2, -0.15) is 22.0 Å². The van der Waals surface area contributed by atoms with Gasteiger partial charge in [-0.15, -0.1) is 0 Å². The highest BCUT2D eigenvalue weighted by atomic mass is 19.4. The van der Waals surface area contributed by atoms with E-state index in [1.54, 1.807) is 0 Å². The molecule has 0 aliphatic rings. The average Bonchev–Trinajstić information content (AvgIpc) is 1.84. The van der Waals surface area contributed by atoms with Crippen molar-refractivity contribution >= 4 is 0 Å². The predicted molar refractivity (Wildman–Crippen MR) is 27.6 cm³/mol. The highest BCUT2D eigenvalue weighted by Gasteiger charge is 2.71. The minimum atomic E-state index is -6.20. The van der Waals surface area contributed by atoms with Gasteiger partial charge in [0.1, 0.15) is 0 Å². The summed E-state index contributed by atoms with van der Waals surface area (Å²) in [7, 11) is 0. The van der Waals surface area contributed by atoms with Gasteiger partial charge in [0, 0.05) is 0 Å². The van der Waals surface area contributed by atoms with E-state index >= 15 is 0 Å². The molecule has 0 amide bonds. The normalized spacial score (nSPS) is 18.9. The molecule has 1 N–H and O–H groups in total. The van der Waals surface area contributed by atoms with Crippen LogP contribution < -0.4 is 0 Å². The fraction of sp³-hybridized carbons (Fsp3) is 1.00. The van der Waals surface area contributed by atoms with Crippen LogP contribution in [-0.2, 0) is 0 Å². The zero-order chi connectivity index (χ0) is 11.1. The van der Waals surface area contributed by atoms with E-state index < -0.39 is 24.1 Å². The van der Waals surface area contributed by atoms with Crippen LogP contribution >= 0.6 is 0 Å². The van der Waals surface area contributed by atoms with Crippen molar-refractivity contribution in [2.75, 3.05) is 0 Å². The zero-order valence-electron chi connectivity index (χ0n) is 6.17. The van der Waals surface area contributed by atoms with Gasteiger partial charge in [0.15, 0.2) is 5.60 Å². The van der Waals surface area contributed by atoms with Gasteiger partial charge in [0.2, 0.25) is 0 Å². The van der Waals surface area contributed by atoms with E-state index in [0.717, 1.165) is 0 Å². The molecule has 0 aliphatic carbocycles. The Labute approximate surface area is 68.2 Å². The molecule has 0 radical (unpaired) electrons. The Bertz CT molecular complexity index is 182. The molecule has 13 heavy (non-hydrogen) atoms. The molecule has 80 valence electrons. The van der Waals surface area contributed by atoms with E-state index in [9.17, 15) is 30.7 Å². The second-order valence-electron chi connectivity index (χ2n) is 2.52. The number of hydrogen-bond acceptors (Lipinski definition) is 1. The van der Waals surface area contributed by atoms with Crippen molar-refractivity contribution < 1.29 is 35.8 Å². The van der Waals surface area contributed by atoms with Crippen LogP contribution in [0.4, 0.5) is 30.7 Å². The molecule has 0 saturated carbocycles. The Balaban J connectivity index is 5.04.